The third kappa shape index (κ3) is 7.53. The molecule has 0 fully saturated rings. The molecule has 0 radical (unpaired) electrons. The first kappa shape index (κ1) is 22.9. The van der Waals surface area contributed by atoms with Crippen LogP contribution < -0.4 is 10.2 Å². The lowest BCUT2D eigenvalue weighted by Crippen LogP contribution is -2.26. The van der Waals surface area contributed by atoms with Crippen LogP contribution in [-0.2, 0) is 10.5 Å². The summed E-state index contributed by atoms with van der Waals surface area (Å²) in [6.07, 6.45) is 3.60. The number of hydrogen-bond acceptors (Lipinski definition) is 6. The number of nitrogens with one attached hydrogen (secondary N) is 1. The molecule has 0 aliphatic rings. The summed E-state index contributed by atoms with van der Waals surface area (Å²) >= 11 is 7.66. The molecule has 1 aromatic carbocycles. The van der Waals surface area contributed by atoms with Crippen LogP contribution in [0, 0.1) is 0 Å². The third-order valence-corrected chi connectivity index (χ3v) is 4.94. The monoisotopic (exact) mass is 432 g/mol. The van der Waals surface area contributed by atoms with Crippen molar-refractivity contribution < 1.29 is 9.53 Å². The summed E-state index contributed by atoms with van der Waals surface area (Å²) < 4.78 is 4.95. The van der Waals surface area contributed by atoms with Gasteiger partial charge in [0.05, 0.1) is 6.61 Å². The molecular formula is C21H25ClN4O2S. The highest BCUT2D eigenvalue weighted by molar-refractivity contribution is 7.98. The molecule has 2 aromatic rings. The Morgan fingerprint density at radius 2 is 2.03 bits per heavy atom. The number of halogens is 1. The average molecular weight is 433 g/mol. The van der Waals surface area contributed by atoms with Gasteiger partial charge in [-0.2, -0.15) is 0 Å². The summed E-state index contributed by atoms with van der Waals surface area (Å²) in [5.41, 5.74) is 1.60. The average Bonchev–Trinajstić information content (AvgIpc) is 2.72. The van der Waals surface area contributed by atoms with Crippen LogP contribution in [0.1, 0.15) is 15.9 Å². The topological polar surface area (TPSA) is 67.4 Å². The van der Waals surface area contributed by atoms with E-state index in [1.165, 1.54) is 11.8 Å². The first-order valence-electron chi connectivity index (χ1n) is 9.07. The molecule has 0 spiro atoms. The van der Waals surface area contributed by atoms with Crippen molar-refractivity contribution in [2.75, 3.05) is 38.3 Å². The fraction of sp³-hybridized carbons (Fsp3) is 0.286. The van der Waals surface area contributed by atoms with Crippen LogP contribution in [0.4, 0.5) is 5.82 Å². The van der Waals surface area contributed by atoms with Gasteiger partial charge in [0.1, 0.15) is 11.0 Å². The van der Waals surface area contributed by atoms with Gasteiger partial charge < -0.3 is 15.0 Å². The van der Waals surface area contributed by atoms with Gasteiger partial charge in [-0.05, 0) is 17.7 Å². The van der Waals surface area contributed by atoms with Crippen molar-refractivity contribution in [1.29, 1.82) is 0 Å². The standard InChI is InChI=1S/C21H25ClN4O2S/c1-4-10-26(11-5-2)19-14-18(22)24-21(25-19)29-15-16-7-6-8-17(13-16)20(27)23-9-12-28-3/h4-8,13-14H,1-2,9-12,15H2,3H3,(H,23,27). The Morgan fingerprint density at radius 3 is 2.72 bits per heavy atom. The van der Waals surface area contributed by atoms with Crippen molar-refractivity contribution in [3.63, 3.8) is 0 Å². The number of anilines is 1. The van der Waals surface area contributed by atoms with Gasteiger partial charge in [0.2, 0.25) is 0 Å². The van der Waals surface area contributed by atoms with E-state index in [1.54, 1.807) is 31.4 Å². The van der Waals surface area contributed by atoms with Crippen molar-refractivity contribution in [3.8, 4) is 0 Å². The molecular weight excluding hydrogens is 408 g/mol. The van der Waals surface area contributed by atoms with E-state index in [9.17, 15) is 4.79 Å². The Hall–Kier alpha value is -2.35. The zero-order valence-electron chi connectivity index (χ0n) is 16.4. The summed E-state index contributed by atoms with van der Waals surface area (Å²) in [6.45, 7) is 9.76. The molecule has 0 aliphatic heterocycles. The summed E-state index contributed by atoms with van der Waals surface area (Å²) in [4.78, 5) is 23.1. The molecule has 0 bridgehead atoms. The number of benzene rings is 1. The van der Waals surface area contributed by atoms with Gasteiger partial charge in [0.25, 0.3) is 5.91 Å². The fourth-order valence-corrected chi connectivity index (χ4v) is 3.53. The molecule has 6 nitrogen and oxygen atoms in total. The highest BCUT2D eigenvalue weighted by Gasteiger charge is 2.11. The van der Waals surface area contributed by atoms with Crippen molar-refractivity contribution in [2.24, 2.45) is 0 Å². The normalized spacial score (nSPS) is 10.4. The summed E-state index contributed by atoms with van der Waals surface area (Å²) in [5, 5.41) is 3.76. The zero-order chi connectivity index (χ0) is 21.1. The predicted octanol–water partition coefficient (Wildman–Crippen LogP) is 3.98. The maximum absolute atomic E-state index is 12.2. The number of nitrogens with zero attached hydrogens (tertiary/aromatic N) is 3. The van der Waals surface area contributed by atoms with Crippen LogP contribution in [0.5, 0.6) is 0 Å². The van der Waals surface area contributed by atoms with Gasteiger partial charge in [0, 0.05) is 44.1 Å². The van der Waals surface area contributed by atoms with Crippen LogP contribution in [0.25, 0.3) is 0 Å². The van der Waals surface area contributed by atoms with E-state index in [0.717, 1.165) is 11.4 Å². The second-order valence-corrected chi connectivity index (χ2v) is 7.38. The van der Waals surface area contributed by atoms with Gasteiger partial charge in [-0.25, -0.2) is 9.97 Å². The number of carbonyl (C=O) groups is 1. The fourth-order valence-electron chi connectivity index (χ4n) is 2.50. The number of ether oxygens (including phenoxy) is 1. The summed E-state index contributed by atoms with van der Waals surface area (Å²) in [5.74, 6) is 1.21. The van der Waals surface area contributed by atoms with Crippen LogP contribution in [0.3, 0.4) is 0 Å². The molecule has 0 saturated heterocycles. The Balaban J connectivity index is 2.07. The molecule has 1 N–H and O–H groups in total. The number of hydrogen-bond donors (Lipinski definition) is 1. The number of carbonyl (C=O) groups excluding carboxylic acids is 1. The molecule has 2 rings (SSSR count). The van der Waals surface area contributed by atoms with Crippen LogP contribution >= 0.6 is 23.4 Å². The van der Waals surface area contributed by atoms with Crippen LogP contribution in [-0.4, -0.2) is 49.2 Å². The van der Waals surface area contributed by atoms with Crippen LogP contribution in [0.15, 0.2) is 60.8 Å². The molecule has 154 valence electrons. The van der Waals surface area contributed by atoms with E-state index in [2.05, 4.69) is 28.4 Å². The maximum Gasteiger partial charge on any atom is 0.251 e. The van der Waals surface area contributed by atoms with E-state index in [-0.39, 0.29) is 5.91 Å². The minimum absolute atomic E-state index is 0.125. The van der Waals surface area contributed by atoms with E-state index in [4.69, 9.17) is 16.3 Å². The molecule has 0 saturated carbocycles. The lowest BCUT2D eigenvalue weighted by molar-refractivity contribution is 0.0937. The first-order chi connectivity index (χ1) is 14.1. The molecule has 1 amide bonds. The Bertz CT molecular complexity index is 837. The summed E-state index contributed by atoms with van der Waals surface area (Å²) in [7, 11) is 1.60. The smallest absolute Gasteiger partial charge is 0.251 e. The predicted molar refractivity (Wildman–Crippen MR) is 120 cm³/mol. The van der Waals surface area contributed by atoms with Gasteiger partial charge in [0.15, 0.2) is 5.16 Å². The number of rotatable bonds is 12. The van der Waals surface area contributed by atoms with E-state index >= 15 is 0 Å². The van der Waals surface area contributed by atoms with E-state index < -0.39 is 0 Å². The van der Waals surface area contributed by atoms with Crippen molar-refractivity contribution in [2.45, 2.75) is 10.9 Å². The second kappa shape index (κ2) is 12.3. The molecule has 29 heavy (non-hydrogen) atoms. The largest absolute Gasteiger partial charge is 0.383 e. The quantitative estimate of drug-likeness (QED) is 0.180. The number of methoxy groups -OCH3 is 1. The minimum Gasteiger partial charge on any atom is -0.383 e. The SMILES string of the molecule is C=CCN(CC=C)c1cc(Cl)nc(SCc2cccc(C(=O)NCCOC)c2)n1. The Labute approximate surface area is 181 Å². The molecule has 0 aliphatic carbocycles. The van der Waals surface area contributed by atoms with Gasteiger partial charge in [-0.15, -0.1) is 13.2 Å². The molecule has 1 heterocycles. The highest BCUT2D eigenvalue weighted by Crippen LogP contribution is 2.25. The van der Waals surface area contributed by atoms with Crippen LogP contribution in [0.2, 0.25) is 5.15 Å². The molecule has 8 heteroatoms. The molecule has 0 atom stereocenters. The zero-order valence-corrected chi connectivity index (χ0v) is 18.0. The van der Waals surface area contributed by atoms with E-state index in [1.807, 2.05) is 23.1 Å². The lowest BCUT2D eigenvalue weighted by atomic mass is 10.1. The van der Waals surface area contributed by atoms with Crippen molar-refractivity contribution >= 4 is 35.1 Å². The van der Waals surface area contributed by atoms with Crippen molar-refractivity contribution in [1.82, 2.24) is 15.3 Å². The van der Waals surface area contributed by atoms with Gasteiger partial charge >= 0.3 is 0 Å². The lowest BCUT2D eigenvalue weighted by Gasteiger charge is -2.20. The van der Waals surface area contributed by atoms with E-state index in [0.29, 0.717) is 47.9 Å². The van der Waals surface area contributed by atoms with Gasteiger partial charge in [-0.1, -0.05) is 47.6 Å². The van der Waals surface area contributed by atoms with Gasteiger partial charge in [-0.3, -0.25) is 4.79 Å². The number of amides is 1. The Kier molecular flexibility index (Phi) is 9.70. The molecule has 0 unspecified atom stereocenters. The first-order valence-corrected chi connectivity index (χ1v) is 10.4. The number of thioether (sulfide) groups is 1. The molecule has 1 aromatic heterocycles. The highest BCUT2D eigenvalue weighted by atomic mass is 35.5. The maximum atomic E-state index is 12.2. The Morgan fingerprint density at radius 1 is 1.28 bits per heavy atom. The minimum atomic E-state index is -0.125. The second-order valence-electron chi connectivity index (χ2n) is 6.05. The summed E-state index contributed by atoms with van der Waals surface area (Å²) in [6, 6.07) is 9.20. The van der Waals surface area contributed by atoms with Crippen molar-refractivity contribution in [3.05, 3.63) is 71.9 Å². The number of aromatic nitrogens is 2. The third-order valence-electron chi connectivity index (χ3n) is 3.83.